The summed E-state index contributed by atoms with van der Waals surface area (Å²) >= 11 is 8.18. The molecule has 0 spiro atoms. The summed E-state index contributed by atoms with van der Waals surface area (Å²) in [5.41, 5.74) is 0.487. The van der Waals surface area contributed by atoms with Gasteiger partial charge in [0.05, 0.1) is 10.7 Å². The fourth-order valence-electron chi connectivity index (χ4n) is 2.33. The number of anilines is 1. The molecule has 1 heterocycles. The van der Waals surface area contributed by atoms with Crippen LogP contribution < -0.4 is 5.32 Å². The normalized spacial score (nSPS) is 21.9. The van der Waals surface area contributed by atoms with Crippen LogP contribution in [0, 0.1) is 9.49 Å². The Hall–Kier alpha value is -1.02. The van der Waals surface area contributed by atoms with E-state index in [9.17, 15) is 14.7 Å². The van der Waals surface area contributed by atoms with Crippen molar-refractivity contribution < 1.29 is 14.7 Å². The van der Waals surface area contributed by atoms with Gasteiger partial charge in [-0.2, -0.15) is 0 Å². The van der Waals surface area contributed by atoms with Gasteiger partial charge in [-0.25, -0.2) is 9.59 Å². The Morgan fingerprint density at radius 1 is 1.50 bits per heavy atom. The highest BCUT2D eigenvalue weighted by molar-refractivity contribution is 14.1. The molecule has 1 fully saturated rings. The van der Waals surface area contributed by atoms with Crippen LogP contribution >= 0.6 is 34.2 Å². The number of likely N-dealkylation sites (tertiary alicyclic amines) is 1. The van der Waals surface area contributed by atoms with Gasteiger partial charge in [0.15, 0.2) is 0 Å². The van der Waals surface area contributed by atoms with E-state index >= 15 is 0 Å². The highest BCUT2D eigenvalue weighted by atomic mass is 127. The van der Waals surface area contributed by atoms with E-state index in [1.807, 2.05) is 13.0 Å². The minimum atomic E-state index is -0.973. The molecule has 1 aromatic rings. The number of carbonyl (C=O) groups is 2. The molecule has 1 aliphatic rings. The van der Waals surface area contributed by atoms with Gasteiger partial charge in [0.2, 0.25) is 0 Å². The number of carbonyl (C=O) groups excluding carboxylic acids is 1. The molecule has 7 heteroatoms. The molecule has 2 amide bonds. The average Bonchev–Trinajstić information content (AvgIpc) is 2.74. The predicted octanol–water partition coefficient (Wildman–Crippen LogP) is 3.27. The van der Waals surface area contributed by atoms with E-state index in [1.54, 1.807) is 12.1 Å². The molecule has 1 aliphatic heterocycles. The molecule has 0 radical (unpaired) electrons. The first-order chi connectivity index (χ1) is 9.40. The summed E-state index contributed by atoms with van der Waals surface area (Å²) in [4.78, 5) is 24.8. The van der Waals surface area contributed by atoms with Crippen molar-refractivity contribution >= 4 is 51.9 Å². The molecule has 0 aromatic heterocycles. The third-order valence-corrected chi connectivity index (χ3v) is 4.37. The number of hydrogen-bond donors (Lipinski definition) is 2. The van der Waals surface area contributed by atoms with Crippen molar-refractivity contribution in [2.45, 2.75) is 19.4 Å². The SMILES string of the molecule is CC1CCN(C(=O)Nc2ccc(I)cc2Cl)C1C(=O)O. The third-order valence-electron chi connectivity index (χ3n) is 3.39. The average molecular weight is 409 g/mol. The number of urea groups is 1. The number of aliphatic carboxylic acids is 1. The van der Waals surface area contributed by atoms with Gasteiger partial charge < -0.3 is 15.3 Å². The first-order valence-electron chi connectivity index (χ1n) is 6.15. The van der Waals surface area contributed by atoms with Gasteiger partial charge in [0.25, 0.3) is 0 Å². The van der Waals surface area contributed by atoms with Gasteiger partial charge in [-0.3, -0.25) is 0 Å². The first kappa shape index (κ1) is 15.4. The zero-order valence-corrected chi connectivity index (χ0v) is 13.7. The lowest BCUT2D eigenvalue weighted by Gasteiger charge is -2.23. The molecule has 108 valence electrons. The van der Waals surface area contributed by atoms with Crippen LogP contribution in [0.1, 0.15) is 13.3 Å². The Morgan fingerprint density at radius 2 is 2.20 bits per heavy atom. The topological polar surface area (TPSA) is 69.6 Å². The van der Waals surface area contributed by atoms with Crippen molar-refractivity contribution in [3.63, 3.8) is 0 Å². The summed E-state index contributed by atoms with van der Waals surface area (Å²) in [6.07, 6.45) is 0.685. The molecule has 20 heavy (non-hydrogen) atoms. The van der Waals surface area contributed by atoms with Crippen molar-refractivity contribution in [3.8, 4) is 0 Å². The van der Waals surface area contributed by atoms with Gasteiger partial charge in [0, 0.05) is 10.1 Å². The van der Waals surface area contributed by atoms with E-state index in [2.05, 4.69) is 27.9 Å². The number of carboxylic acids is 1. The molecule has 2 atom stereocenters. The predicted molar refractivity (Wildman–Crippen MR) is 85.1 cm³/mol. The molecule has 2 N–H and O–H groups in total. The van der Waals surface area contributed by atoms with Gasteiger partial charge in [-0.1, -0.05) is 18.5 Å². The summed E-state index contributed by atoms with van der Waals surface area (Å²) < 4.78 is 0.962. The molecule has 1 aromatic carbocycles. The van der Waals surface area contributed by atoms with E-state index in [-0.39, 0.29) is 5.92 Å². The summed E-state index contributed by atoms with van der Waals surface area (Å²) in [5.74, 6) is -1.02. The Balaban J connectivity index is 2.14. The minimum Gasteiger partial charge on any atom is -0.480 e. The fourth-order valence-corrected chi connectivity index (χ4v) is 3.23. The number of nitrogens with one attached hydrogen (secondary N) is 1. The second-order valence-corrected chi connectivity index (χ2v) is 6.45. The van der Waals surface area contributed by atoms with E-state index in [0.29, 0.717) is 23.7 Å². The van der Waals surface area contributed by atoms with Gasteiger partial charge in [0.1, 0.15) is 6.04 Å². The molecule has 0 bridgehead atoms. The molecular formula is C13H14ClIN2O3. The van der Waals surface area contributed by atoms with Crippen LogP contribution in [0.25, 0.3) is 0 Å². The van der Waals surface area contributed by atoms with Crippen molar-refractivity contribution in [2.24, 2.45) is 5.92 Å². The number of halogens is 2. The van der Waals surface area contributed by atoms with Crippen molar-refractivity contribution in [1.29, 1.82) is 0 Å². The van der Waals surface area contributed by atoms with Gasteiger partial charge >= 0.3 is 12.0 Å². The number of carboxylic acid groups (broad SMARTS) is 1. The van der Waals surface area contributed by atoms with E-state index < -0.39 is 18.0 Å². The maximum Gasteiger partial charge on any atom is 0.326 e. The maximum atomic E-state index is 12.2. The van der Waals surface area contributed by atoms with Crippen LogP contribution in [0.3, 0.4) is 0 Å². The van der Waals surface area contributed by atoms with Crippen LogP contribution in [0.15, 0.2) is 18.2 Å². The Kier molecular flexibility index (Phi) is 4.74. The smallest absolute Gasteiger partial charge is 0.326 e. The largest absolute Gasteiger partial charge is 0.480 e. The van der Waals surface area contributed by atoms with Crippen LogP contribution in [-0.2, 0) is 4.79 Å². The van der Waals surface area contributed by atoms with E-state index in [0.717, 1.165) is 3.57 Å². The summed E-state index contributed by atoms with van der Waals surface area (Å²) in [6, 6.07) is 4.06. The zero-order valence-electron chi connectivity index (χ0n) is 10.8. The van der Waals surface area contributed by atoms with Crippen LogP contribution in [-0.4, -0.2) is 34.6 Å². The summed E-state index contributed by atoms with van der Waals surface area (Å²) in [5, 5.41) is 12.3. The quantitative estimate of drug-likeness (QED) is 0.738. The lowest BCUT2D eigenvalue weighted by atomic mass is 10.0. The molecule has 2 rings (SSSR count). The van der Waals surface area contributed by atoms with Crippen LogP contribution in [0.2, 0.25) is 5.02 Å². The minimum absolute atomic E-state index is 0.0505. The number of hydrogen-bond acceptors (Lipinski definition) is 2. The van der Waals surface area contributed by atoms with Crippen molar-refractivity contribution in [1.82, 2.24) is 4.90 Å². The zero-order chi connectivity index (χ0) is 14.9. The van der Waals surface area contributed by atoms with E-state index in [1.165, 1.54) is 4.90 Å². The van der Waals surface area contributed by atoms with Gasteiger partial charge in [-0.15, -0.1) is 0 Å². The van der Waals surface area contributed by atoms with E-state index in [4.69, 9.17) is 11.6 Å². The number of benzene rings is 1. The van der Waals surface area contributed by atoms with Crippen LogP contribution in [0.5, 0.6) is 0 Å². The van der Waals surface area contributed by atoms with Crippen molar-refractivity contribution in [2.75, 3.05) is 11.9 Å². The second-order valence-electron chi connectivity index (χ2n) is 4.80. The van der Waals surface area contributed by atoms with Crippen LogP contribution in [0.4, 0.5) is 10.5 Å². The second kappa shape index (κ2) is 6.17. The van der Waals surface area contributed by atoms with Gasteiger partial charge in [-0.05, 0) is 53.1 Å². The first-order valence-corrected chi connectivity index (χ1v) is 7.61. The molecule has 2 unspecified atom stereocenters. The number of amides is 2. The molecule has 0 aliphatic carbocycles. The highest BCUT2D eigenvalue weighted by Gasteiger charge is 2.39. The number of nitrogens with zero attached hydrogens (tertiary/aromatic N) is 1. The molecule has 0 saturated carbocycles. The fraction of sp³-hybridized carbons (Fsp3) is 0.385. The molecule has 5 nitrogen and oxygen atoms in total. The van der Waals surface area contributed by atoms with Crippen molar-refractivity contribution in [3.05, 3.63) is 26.8 Å². The Morgan fingerprint density at radius 3 is 2.80 bits per heavy atom. The molecule has 1 saturated heterocycles. The highest BCUT2D eigenvalue weighted by Crippen LogP contribution is 2.27. The molecular weight excluding hydrogens is 395 g/mol. The summed E-state index contributed by atoms with van der Waals surface area (Å²) in [6.45, 7) is 2.27. The maximum absolute atomic E-state index is 12.2. The Labute approximate surface area is 135 Å². The Bertz CT molecular complexity index is 552. The monoisotopic (exact) mass is 408 g/mol. The standard InChI is InChI=1S/C13H14ClIN2O3/c1-7-4-5-17(11(7)12(18)19)13(20)16-10-3-2-8(15)6-9(10)14/h2-3,6-7,11H,4-5H2,1H3,(H,16,20)(H,18,19). The summed E-state index contributed by atoms with van der Waals surface area (Å²) in [7, 11) is 0. The lowest BCUT2D eigenvalue weighted by Crippen LogP contribution is -2.44. The third kappa shape index (κ3) is 3.17. The lowest BCUT2D eigenvalue weighted by molar-refractivity contribution is -0.142. The number of rotatable bonds is 2.